The van der Waals surface area contributed by atoms with Crippen LogP contribution in [0.15, 0.2) is 0 Å². The van der Waals surface area contributed by atoms with Crippen LogP contribution in [-0.4, -0.2) is 17.5 Å². The summed E-state index contributed by atoms with van der Waals surface area (Å²) in [7, 11) is 0. The molecule has 8 atom stereocenters. The van der Waals surface area contributed by atoms with Gasteiger partial charge in [0, 0.05) is 18.9 Å². The van der Waals surface area contributed by atoms with Gasteiger partial charge in [0.15, 0.2) is 0 Å². The van der Waals surface area contributed by atoms with Crippen molar-refractivity contribution >= 4 is 5.78 Å². The fraction of sp³-hybridized carbons (Fsp3) is 0.958. The Labute approximate surface area is 160 Å². The van der Waals surface area contributed by atoms with Gasteiger partial charge in [0.05, 0.1) is 0 Å². The van der Waals surface area contributed by atoms with E-state index in [1.807, 2.05) is 0 Å². The summed E-state index contributed by atoms with van der Waals surface area (Å²) in [5.41, 5.74) is 0.744. The highest BCUT2D eigenvalue weighted by Gasteiger charge is 2.61. The number of hydrogen-bond donors (Lipinski definition) is 1. The molecule has 2 nitrogen and oxygen atoms in total. The molecule has 4 aliphatic rings. The zero-order valence-corrected chi connectivity index (χ0v) is 17.3. The maximum atomic E-state index is 13.1. The minimum Gasteiger partial charge on any atom is -0.396 e. The normalized spacial score (nSPS) is 49.2. The van der Waals surface area contributed by atoms with Crippen LogP contribution in [0.2, 0.25) is 0 Å². The lowest BCUT2D eigenvalue weighted by Crippen LogP contribution is -2.56. The summed E-state index contributed by atoms with van der Waals surface area (Å²) < 4.78 is 0. The smallest absolute Gasteiger partial charge is 0.136 e. The molecule has 4 saturated carbocycles. The highest BCUT2D eigenvalue weighted by atomic mass is 16.2. The van der Waals surface area contributed by atoms with Gasteiger partial charge in [-0.05, 0) is 91.8 Å². The van der Waals surface area contributed by atoms with Crippen LogP contribution in [0.3, 0.4) is 0 Å². The van der Waals surface area contributed by atoms with Crippen molar-refractivity contribution in [2.45, 2.75) is 91.4 Å². The van der Waals surface area contributed by atoms with Crippen LogP contribution in [-0.2, 0) is 4.79 Å². The van der Waals surface area contributed by atoms with Gasteiger partial charge in [-0.25, -0.2) is 0 Å². The Hall–Kier alpha value is -0.370. The fourth-order valence-corrected chi connectivity index (χ4v) is 8.69. The second-order valence-electron chi connectivity index (χ2n) is 10.9. The monoisotopic (exact) mass is 360 g/mol. The molecule has 0 aromatic heterocycles. The number of Topliss-reactive ketones (excluding diaryl/α,β-unsaturated/α-hetero) is 1. The van der Waals surface area contributed by atoms with Crippen LogP contribution in [0.5, 0.6) is 0 Å². The van der Waals surface area contributed by atoms with Gasteiger partial charge in [0.25, 0.3) is 0 Å². The van der Waals surface area contributed by atoms with Crippen molar-refractivity contribution in [3.05, 3.63) is 0 Å². The quantitative estimate of drug-likeness (QED) is 0.706. The topological polar surface area (TPSA) is 37.3 Å². The number of aliphatic hydroxyl groups is 1. The van der Waals surface area contributed by atoms with Gasteiger partial charge in [-0.15, -0.1) is 0 Å². The zero-order valence-electron chi connectivity index (χ0n) is 17.3. The third-order valence-electron chi connectivity index (χ3n) is 9.94. The predicted molar refractivity (Wildman–Crippen MR) is 106 cm³/mol. The number of aliphatic hydroxyl groups excluding tert-OH is 1. The molecule has 0 bridgehead atoms. The highest BCUT2D eigenvalue weighted by Crippen LogP contribution is 2.67. The summed E-state index contributed by atoms with van der Waals surface area (Å²) >= 11 is 0. The predicted octanol–water partition coefficient (Wildman–Crippen LogP) is 5.62. The Kier molecular flexibility index (Phi) is 5.04. The number of fused-ring (bicyclic) bond motifs is 5. The maximum absolute atomic E-state index is 13.1. The minimum absolute atomic E-state index is 0.306. The first-order valence-corrected chi connectivity index (χ1v) is 11.6. The Balaban J connectivity index is 1.57. The molecule has 0 aromatic carbocycles. The van der Waals surface area contributed by atoms with Crippen molar-refractivity contribution in [2.75, 3.05) is 6.61 Å². The molecule has 2 heteroatoms. The minimum atomic E-state index is 0.306. The van der Waals surface area contributed by atoms with Gasteiger partial charge >= 0.3 is 0 Å². The first-order valence-electron chi connectivity index (χ1n) is 11.6. The van der Waals surface area contributed by atoms with Crippen LogP contribution in [0.4, 0.5) is 0 Å². The van der Waals surface area contributed by atoms with Crippen LogP contribution in [0.25, 0.3) is 0 Å². The van der Waals surface area contributed by atoms with Crippen LogP contribution in [0, 0.1) is 46.3 Å². The summed E-state index contributed by atoms with van der Waals surface area (Å²) in [6, 6.07) is 0. The number of carbonyl (C=O) groups excluding carboxylic acids is 1. The summed E-state index contributed by atoms with van der Waals surface area (Å²) in [6.45, 7) is 7.81. The summed E-state index contributed by atoms with van der Waals surface area (Å²) in [5.74, 6) is 4.74. The van der Waals surface area contributed by atoms with Gasteiger partial charge in [-0.2, -0.15) is 0 Å². The van der Waals surface area contributed by atoms with E-state index in [4.69, 9.17) is 0 Å². The van der Waals surface area contributed by atoms with E-state index in [-0.39, 0.29) is 0 Å². The zero-order chi connectivity index (χ0) is 18.5. The molecule has 4 rings (SSSR count). The molecular weight excluding hydrogens is 320 g/mol. The molecule has 2 unspecified atom stereocenters. The maximum Gasteiger partial charge on any atom is 0.136 e. The van der Waals surface area contributed by atoms with E-state index in [2.05, 4.69) is 20.8 Å². The Bertz CT molecular complexity index is 542. The molecule has 0 saturated heterocycles. The Morgan fingerprint density at radius 1 is 1.04 bits per heavy atom. The van der Waals surface area contributed by atoms with Crippen molar-refractivity contribution in [3.63, 3.8) is 0 Å². The third kappa shape index (κ3) is 2.73. The van der Waals surface area contributed by atoms with E-state index in [1.54, 1.807) is 0 Å². The lowest BCUT2D eigenvalue weighted by molar-refractivity contribution is -0.154. The van der Waals surface area contributed by atoms with Gasteiger partial charge in [-0.3, -0.25) is 4.79 Å². The van der Waals surface area contributed by atoms with E-state index in [1.165, 1.54) is 51.4 Å². The number of rotatable bonds is 4. The molecule has 0 spiro atoms. The summed E-state index contributed by atoms with van der Waals surface area (Å²) in [5, 5.41) is 9.24. The van der Waals surface area contributed by atoms with E-state index in [9.17, 15) is 9.90 Å². The van der Waals surface area contributed by atoms with Crippen molar-refractivity contribution < 1.29 is 9.90 Å². The van der Waals surface area contributed by atoms with Crippen molar-refractivity contribution in [1.82, 2.24) is 0 Å². The van der Waals surface area contributed by atoms with Crippen LogP contribution >= 0.6 is 0 Å². The van der Waals surface area contributed by atoms with Crippen LogP contribution in [0.1, 0.15) is 91.4 Å². The fourth-order valence-electron chi connectivity index (χ4n) is 8.69. The molecule has 0 amide bonds. The third-order valence-corrected chi connectivity index (χ3v) is 9.94. The Morgan fingerprint density at radius 3 is 2.58 bits per heavy atom. The average molecular weight is 361 g/mol. The lowest BCUT2D eigenvalue weighted by Gasteiger charge is -2.60. The average Bonchev–Trinajstić information content (AvgIpc) is 2.97. The Morgan fingerprint density at radius 2 is 1.81 bits per heavy atom. The van der Waals surface area contributed by atoms with E-state index < -0.39 is 0 Å². The number of hydrogen-bond acceptors (Lipinski definition) is 2. The molecule has 0 aliphatic heterocycles. The van der Waals surface area contributed by atoms with E-state index >= 15 is 0 Å². The summed E-state index contributed by atoms with van der Waals surface area (Å²) in [4.78, 5) is 13.1. The lowest BCUT2D eigenvalue weighted by atomic mass is 9.44. The first kappa shape index (κ1) is 19.0. The molecule has 148 valence electrons. The van der Waals surface area contributed by atoms with Crippen molar-refractivity contribution in [3.8, 4) is 0 Å². The van der Waals surface area contributed by atoms with Crippen molar-refractivity contribution in [1.29, 1.82) is 0 Å². The first-order chi connectivity index (χ1) is 12.4. The molecule has 26 heavy (non-hydrogen) atoms. The van der Waals surface area contributed by atoms with Gasteiger partial charge in [0.1, 0.15) is 5.78 Å². The SMILES string of the molecule is CC(CCCO)[C@H]1CC[C@H]2[C@@H]3CC(=O)C4CCCC[C@]4(C)[C@H]3CC[C@]12C. The molecular formula is C24H40O2. The molecule has 0 aromatic rings. The molecule has 4 aliphatic carbocycles. The van der Waals surface area contributed by atoms with Gasteiger partial charge in [0.2, 0.25) is 0 Å². The molecule has 1 N–H and O–H groups in total. The second kappa shape index (κ2) is 6.90. The van der Waals surface area contributed by atoms with Gasteiger partial charge < -0.3 is 5.11 Å². The molecule has 0 radical (unpaired) electrons. The van der Waals surface area contributed by atoms with Crippen LogP contribution < -0.4 is 0 Å². The number of carbonyl (C=O) groups is 1. The standard InChI is InChI=1S/C24H40O2/c1-16(7-6-14-25)18-9-10-19-17-15-22(26)21-8-4-5-12-23(21,2)20(17)11-13-24(18,19)3/h16-21,25H,4-15H2,1-3H3/t16?,17-,18+,19-,20-,21?,23+,24+/m0/s1. The number of ketones is 1. The van der Waals surface area contributed by atoms with Crippen molar-refractivity contribution in [2.24, 2.45) is 46.3 Å². The van der Waals surface area contributed by atoms with E-state index in [0.29, 0.717) is 41.0 Å². The highest BCUT2D eigenvalue weighted by molar-refractivity contribution is 5.83. The second-order valence-corrected chi connectivity index (χ2v) is 10.9. The summed E-state index contributed by atoms with van der Waals surface area (Å²) in [6.07, 6.45) is 13.5. The largest absolute Gasteiger partial charge is 0.396 e. The molecule has 4 fully saturated rings. The van der Waals surface area contributed by atoms with E-state index in [0.717, 1.165) is 37.0 Å². The molecule has 0 heterocycles. The van der Waals surface area contributed by atoms with Gasteiger partial charge in [-0.1, -0.05) is 33.6 Å².